The second-order valence-corrected chi connectivity index (χ2v) is 10.0. The topological polar surface area (TPSA) is 176 Å². The van der Waals surface area contributed by atoms with Crippen molar-refractivity contribution in [2.75, 3.05) is 23.8 Å². The number of carbonyl (C=O) groups excluding carboxylic acids is 2. The van der Waals surface area contributed by atoms with Gasteiger partial charge in [-0.25, -0.2) is 4.39 Å². The molecule has 2 amide bonds. The Bertz CT molecular complexity index is 1710. The fourth-order valence-electron chi connectivity index (χ4n) is 4.59. The van der Waals surface area contributed by atoms with Gasteiger partial charge in [-0.05, 0) is 60.1 Å². The zero-order valence-electron chi connectivity index (χ0n) is 22.8. The Morgan fingerprint density at radius 3 is 2.28 bits per heavy atom. The van der Waals surface area contributed by atoms with Crippen molar-refractivity contribution in [1.82, 2.24) is 40.3 Å². The molecule has 0 radical (unpaired) electrons. The van der Waals surface area contributed by atoms with Gasteiger partial charge >= 0.3 is 0 Å². The number of pyridine rings is 2. The van der Waals surface area contributed by atoms with Crippen LogP contribution in [0, 0.1) is 11.7 Å². The van der Waals surface area contributed by atoms with E-state index in [-0.39, 0.29) is 54.9 Å². The van der Waals surface area contributed by atoms with Gasteiger partial charge in [0.25, 0.3) is 5.91 Å². The predicted octanol–water partition coefficient (Wildman–Crippen LogP) is 3.52. The molecule has 0 spiro atoms. The Kier molecular flexibility index (Phi) is 8.17. The maximum atomic E-state index is 13.8. The van der Waals surface area contributed by atoms with Gasteiger partial charge in [-0.2, -0.15) is 0 Å². The van der Waals surface area contributed by atoms with Crippen LogP contribution in [0.1, 0.15) is 29.9 Å². The number of rotatable bonds is 12. The van der Waals surface area contributed by atoms with Crippen molar-refractivity contribution in [3.8, 4) is 23.0 Å². The van der Waals surface area contributed by atoms with Gasteiger partial charge in [-0.3, -0.25) is 30.2 Å². The largest absolute Gasteiger partial charge is 0.371 e. The molecule has 13 nitrogen and oxygen atoms in total. The van der Waals surface area contributed by atoms with E-state index >= 15 is 0 Å². The molecule has 14 heteroatoms. The summed E-state index contributed by atoms with van der Waals surface area (Å²) in [6.07, 6.45) is 4.75. The second kappa shape index (κ2) is 12.7. The first-order chi connectivity index (χ1) is 21.0. The van der Waals surface area contributed by atoms with Crippen LogP contribution >= 0.6 is 0 Å². The van der Waals surface area contributed by atoms with Crippen molar-refractivity contribution >= 4 is 23.7 Å². The summed E-state index contributed by atoms with van der Waals surface area (Å²) in [5, 5.41) is 21.2. The third-order valence-corrected chi connectivity index (χ3v) is 6.92. The summed E-state index contributed by atoms with van der Waals surface area (Å²) < 4.78 is 19.4. The predicted molar refractivity (Wildman–Crippen MR) is 153 cm³/mol. The first-order valence-electron chi connectivity index (χ1n) is 13.7. The van der Waals surface area contributed by atoms with Crippen LogP contribution in [0.2, 0.25) is 0 Å². The van der Waals surface area contributed by atoms with E-state index in [4.69, 9.17) is 4.74 Å². The summed E-state index contributed by atoms with van der Waals surface area (Å²) in [6.45, 7) is 0.338. The molecule has 4 heterocycles. The van der Waals surface area contributed by atoms with Crippen molar-refractivity contribution in [2.45, 2.75) is 25.2 Å². The SMILES string of the molecule is O=C(CCc1ccccc1F)Nc1nnc(-c2ccc(C3CC3COCC(=O)Nc3nnc(-c4ccccn4)[nH]3)cn2)[nH]1. The number of aryl methyl sites for hydroxylation is 1. The molecule has 4 N–H and O–H groups in total. The number of aromatic nitrogens is 8. The first-order valence-corrected chi connectivity index (χ1v) is 13.7. The monoisotopic (exact) mass is 582 g/mol. The molecule has 1 aliphatic carbocycles. The number of nitrogens with zero attached hydrogens (tertiary/aromatic N) is 6. The van der Waals surface area contributed by atoms with Crippen molar-refractivity contribution in [2.24, 2.45) is 5.92 Å². The lowest BCUT2D eigenvalue weighted by molar-refractivity contribution is -0.120. The summed E-state index contributed by atoms with van der Waals surface area (Å²) in [5.74, 6) is 0.903. The highest BCUT2D eigenvalue weighted by atomic mass is 19.1. The van der Waals surface area contributed by atoms with E-state index in [9.17, 15) is 14.0 Å². The molecule has 1 fully saturated rings. The Labute approximate surface area is 244 Å². The molecule has 43 heavy (non-hydrogen) atoms. The number of carbonyl (C=O) groups is 2. The Balaban J connectivity index is 0.922. The van der Waals surface area contributed by atoms with Crippen LogP contribution in [0.3, 0.4) is 0 Å². The summed E-state index contributed by atoms with van der Waals surface area (Å²) in [4.78, 5) is 39.1. The molecule has 2 atom stereocenters. The van der Waals surface area contributed by atoms with E-state index in [1.54, 1.807) is 42.7 Å². The van der Waals surface area contributed by atoms with E-state index in [0.717, 1.165) is 12.0 Å². The second-order valence-electron chi connectivity index (χ2n) is 10.0. The summed E-state index contributed by atoms with van der Waals surface area (Å²) in [5.41, 5.74) is 2.74. The quantitative estimate of drug-likeness (QED) is 0.171. The average Bonchev–Trinajstić information content (AvgIpc) is 3.39. The van der Waals surface area contributed by atoms with Gasteiger partial charge < -0.3 is 14.7 Å². The summed E-state index contributed by atoms with van der Waals surface area (Å²) in [6, 6.07) is 15.6. The minimum Gasteiger partial charge on any atom is -0.371 e. The number of nitrogens with one attached hydrogen (secondary N) is 4. The van der Waals surface area contributed by atoms with Crippen LogP contribution in [-0.4, -0.2) is 65.4 Å². The number of halogens is 1. The van der Waals surface area contributed by atoms with E-state index in [1.807, 2.05) is 18.2 Å². The highest BCUT2D eigenvalue weighted by molar-refractivity contribution is 5.90. The van der Waals surface area contributed by atoms with Crippen molar-refractivity contribution < 1.29 is 18.7 Å². The van der Waals surface area contributed by atoms with Crippen LogP contribution in [0.25, 0.3) is 23.0 Å². The van der Waals surface area contributed by atoms with Crippen molar-refractivity contribution in [3.63, 3.8) is 0 Å². The molecule has 4 aromatic heterocycles. The van der Waals surface area contributed by atoms with E-state index in [2.05, 4.69) is 51.0 Å². The molecular formula is C29H27FN10O3. The van der Waals surface area contributed by atoms with Gasteiger partial charge in [0.05, 0.1) is 6.61 Å². The maximum absolute atomic E-state index is 13.8. The van der Waals surface area contributed by atoms with Gasteiger partial charge in [0.15, 0.2) is 11.6 Å². The molecule has 1 aliphatic rings. The van der Waals surface area contributed by atoms with E-state index in [1.165, 1.54) is 6.07 Å². The lowest BCUT2D eigenvalue weighted by Gasteiger charge is -2.05. The van der Waals surface area contributed by atoms with E-state index < -0.39 is 0 Å². The standard InChI is InChI=1S/C29H27FN10O3/c30-21-6-2-1-5-17(21)9-11-24(41)33-28-36-27(38-39-28)23-10-8-18(14-32-23)20-13-19(20)15-43-16-25(42)34-29-35-26(37-40-29)22-7-3-4-12-31-22/h1-8,10,12,14,19-20H,9,11,13,15-16H2,(H2,33,36,38,39,41)(H2,34,35,37,40,42). The van der Waals surface area contributed by atoms with Gasteiger partial charge in [-0.15, -0.1) is 20.4 Å². The number of amides is 2. The molecular weight excluding hydrogens is 555 g/mol. The molecule has 1 aromatic carbocycles. The number of benzene rings is 1. The lowest BCUT2D eigenvalue weighted by atomic mass is 10.1. The number of hydrogen-bond donors (Lipinski definition) is 4. The normalized spacial score (nSPS) is 15.7. The van der Waals surface area contributed by atoms with Gasteiger partial charge in [-0.1, -0.05) is 30.3 Å². The fraction of sp³-hybridized carbons (Fsp3) is 0.241. The summed E-state index contributed by atoms with van der Waals surface area (Å²) >= 11 is 0. The molecule has 2 unspecified atom stereocenters. The third-order valence-electron chi connectivity index (χ3n) is 6.92. The number of anilines is 2. The smallest absolute Gasteiger partial charge is 0.252 e. The highest BCUT2D eigenvalue weighted by Crippen LogP contribution is 2.47. The van der Waals surface area contributed by atoms with Crippen molar-refractivity contribution in [1.29, 1.82) is 0 Å². The molecule has 218 valence electrons. The average molecular weight is 583 g/mol. The summed E-state index contributed by atoms with van der Waals surface area (Å²) in [7, 11) is 0. The highest BCUT2D eigenvalue weighted by Gasteiger charge is 2.38. The minimum atomic E-state index is -0.334. The first kappa shape index (κ1) is 27.8. The maximum Gasteiger partial charge on any atom is 0.252 e. The number of aromatic amines is 2. The van der Waals surface area contributed by atoms with Gasteiger partial charge in [0.2, 0.25) is 17.8 Å². The molecule has 1 saturated carbocycles. The molecule has 0 bridgehead atoms. The van der Waals surface area contributed by atoms with Crippen LogP contribution in [0.4, 0.5) is 16.3 Å². The van der Waals surface area contributed by atoms with Gasteiger partial charge in [0.1, 0.15) is 23.8 Å². The fourth-order valence-corrected chi connectivity index (χ4v) is 4.59. The Hall–Kier alpha value is -5.37. The van der Waals surface area contributed by atoms with Crippen LogP contribution < -0.4 is 10.6 Å². The van der Waals surface area contributed by atoms with E-state index in [0.29, 0.717) is 41.1 Å². The lowest BCUT2D eigenvalue weighted by Crippen LogP contribution is -2.19. The van der Waals surface area contributed by atoms with Crippen LogP contribution in [0.5, 0.6) is 0 Å². The Morgan fingerprint density at radius 2 is 1.58 bits per heavy atom. The minimum absolute atomic E-state index is 0.104. The molecule has 6 rings (SSSR count). The van der Waals surface area contributed by atoms with Crippen LogP contribution in [-0.2, 0) is 20.7 Å². The Morgan fingerprint density at radius 1 is 0.860 bits per heavy atom. The zero-order valence-corrected chi connectivity index (χ0v) is 22.8. The third kappa shape index (κ3) is 7.11. The number of hydrogen-bond acceptors (Lipinski definition) is 9. The molecule has 0 saturated heterocycles. The number of ether oxygens (including phenoxy) is 1. The van der Waals surface area contributed by atoms with Crippen molar-refractivity contribution in [3.05, 3.63) is 83.9 Å². The molecule has 0 aliphatic heterocycles. The van der Waals surface area contributed by atoms with Gasteiger partial charge in [0, 0.05) is 18.8 Å². The zero-order chi connectivity index (χ0) is 29.6. The van der Waals surface area contributed by atoms with Crippen LogP contribution in [0.15, 0.2) is 67.0 Å². The molecule has 5 aromatic rings. The number of H-pyrrole nitrogens is 2.